The van der Waals surface area contributed by atoms with E-state index in [9.17, 15) is 9.90 Å². The molecule has 0 aliphatic heterocycles. The SMILES string of the molecule is CCCCCCC/C=C/c1c(C(=O)O)ccc(C)c1C. The van der Waals surface area contributed by atoms with Crippen molar-refractivity contribution in [2.24, 2.45) is 0 Å². The van der Waals surface area contributed by atoms with Gasteiger partial charge in [-0.05, 0) is 49.4 Å². The van der Waals surface area contributed by atoms with E-state index < -0.39 is 5.97 Å². The quantitative estimate of drug-likeness (QED) is 0.646. The van der Waals surface area contributed by atoms with Gasteiger partial charge in [0.25, 0.3) is 0 Å². The molecule has 0 bridgehead atoms. The Hall–Kier alpha value is -1.57. The van der Waals surface area contributed by atoms with E-state index in [4.69, 9.17) is 0 Å². The fourth-order valence-electron chi connectivity index (χ4n) is 2.31. The van der Waals surface area contributed by atoms with Gasteiger partial charge in [0, 0.05) is 0 Å². The van der Waals surface area contributed by atoms with Crippen molar-refractivity contribution in [3.8, 4) is 0 Å². The zero-order chi connectivity index (χ0) is 15.0. The summed E-state index contributed by atoms with van der Waals surface area (Å²) in [6, 6.07) is 3.58. The van der Waals surface area contributed by atoms with Crippen LogP contribution in [-0.2, 0) is 0 Å². The third kappa shape index (κ3) is 4.84. The predicted molar refractivity (Wildman–Crippen MR) is 85.3 cm³/mol. The van der Waals surface area contributed by atoms with Crippen molar-refractivity contribution in [2.75, 3.05) is 0 Å². The predicted octanol–water partition coefficient (Wildman–Crippen LogP) is 5.38. The maximum Gasteiger partial charge on any atom is 0.336 e. The van der Waals surface area contributed by atoms with Gasteiger partial charge in [-0.25, -0.2) is 4.79 Å². The third-order valence-corrected chi connectivity index (χ3v) is 3.77. The minimum absolute atomic E-state index is 0.398. The second kappa shape index (κ2) is 8.57. The summed E-state index contributed by atoms with van der Waals surface area (Å²) in [6.07, 6.45) is 11.4. The highest BCUT2D eigenvalue weighted by molar-refractivity contribution is 5.93. The zero-order valence-electron chi connectivity index (χ0n) is 12.9. The Balaban J connectivity index is 2.66. The Morgan fingerprint density at radius 3 is 2.50 bits per heavy atom. The molecule has 0 aliphatic rings. The van der Waals surface area contributed by atoms with Gasteiger partial charge in [-0.3, -0.25) is 0 Å². The highest BCUT2D eigenvalue weighted by Gasteiger charge is 2.11. The average Bonchev–Trinajstić information content (AvgIpc) is 2.42. The maximum absolute atomic E-state index is 11.3. The number of hydrogen-bond donors (Lipinski definition) is 1. The van der Waals surface area contributed by atoms with E-state index in [1.165, 1.54) is 32.1 Å². The van der Waals surface area contributed by atoms with Crippen LogP contribution in [0, 0.1) is 13.8 Å². The van der Waals surface area contributed by atoms with E-state index in [1.807, 2.05) is 26.0 Å². The second-order valence-electron chi connectivity index (χ2n) is 5.38. The van der Waals surface area contributed by atoms with Crippen molar-refractivity contribution in [3.63, 3.8) is 0 Å². The van der Waals surface area contributed by atoms with E-state index in [0.717, 1.165) is 23.1 Å². The van der Waals surface area contributed by atoms with Gasteiger partial charge in [-0.2, -0.15) is 0 Å². The van der Waals surface area contributed by atoms with Crippen molar-refractivity contribution in [1.82, 2.24) is 0 Å². The van der Waals surface area contributed by atoms with Crippen LogP contribution in [0.25, 0.3) is 6.08 Å². The average molecular weight is 274 g/mol. The van der Waals surface area contributed by atoms with Gasteiger partial charge in [-0.15, -0.1) is 0 Å². The van der Waals surface area contributed by atoms with Crippen molar-refractivity contribution in [3.05, 3.63) is 40.5 Å². The Morgan fingerprint density at radius 1 is 1.15 bits per heavy atom. The smallest absolute Gasteiger partial charge is 0.336 e. The number of carboxylic acid groups (broad SMARTS) is 1. The van der Waals surface area contributed by atoms with Crippen LogP contribution in [0.2, 0.25) is 0 Å². The summed E-state index contributed by atoms with van der Waals surface area (Å²) in [6.45, 7) is 6.22. The molecule has 0 atom stereocenters. The number of rotatable bonds is 8. The van der Waals surface area contributed by atoms with Crippen molar-refractivity contribution in [1.29, 1.82) is 0 Å². The summed E-state index contributed by atoms with van der Waals surface area (Å²) < 4.78 is 0. The molecule has 1 aromatic carbocycles. The molecule has 0 radical (unpaired) electrons. The van der Waals surface area contributed by atoms with E-state index >= 15 is 0 Å². The van der Waals surface area contributed by atoms with Crippen LogP contribution >= 0.6 is 0 Å². The van der Waals surface area contributed by atoms with Crippen LogP contribution in [0.4, 0.5) is 0 Å². The van der Waals surface area contributed by atoms with Crippen molar-refractivity contribution < 1.29 is 9.90 Å². The molecule has 0 aromatic heterocycles. The molecule has 20 heavy (non-hydrogen) atoms. The number of aromatic carboxylic acids is 1. The lowest BCUT2D eigenvalue weighted by Crippen LogP contribution is -2.02. The number of carbonyl (C=O) groups is 1. The third-order valence-electron chi connectivity index (χ3n) is 3.77. The lowest BCUT2D eigenvalue weighted by atomic mass is 9.97. The number of carboxylic acids is 1. The molecule has 110 valence electrons. The zero-order valence-corrected chi connectivity index (χ0v) is 12.9. The largest absolute Gasteiger partial charge is 0.478 e. The molecular weight excluding hydrogens is 248 g/mol. The molecule has 1 rings (SSSR count). The van der Waals surface area contributed by atoms with Crippen LogP contribution in [0.3, 0.4) is 0 Å². The minimum Gasteiger partial charge on any atom is -0.478 e. The van der Waals surface area contributed by atoms with Crippen LogP contribution in [0.1, 0.15) is 72.5 Å². The highest BCUT2D eigenvalue weighted by atomic mass is 16.4. The van der Waals surface area contributed by atoms with Crippen LogP contribution < -0.4 is 0 Å². The van der Waals surface area contributed by atoms with Gasteiger partial charge >= 0.3 is 5.97 Å². The standard InChI is InChI=1S/C18H26O2/c1-4-5-6-7-8-9-10-11-16-15(3)14(2)12-13-17(16)18(19)20/h10-13H,4-9H2,1-3H3,(H,19,20)/b11-10+. The first kappa shape index (κ1) is 16.5. The van der Waals surface area contributed by atoms with Gasteiger partial charge in [0.05, 0.1) is 5.56 Å². The summed E-state index contributed by atoms with van der Waals surface area (Å²) in [5, 5.41) is 9.25. The minimum atomic E-state index is -0.851. The normalized spacial score (nSPS) is 11.2. The van der Waals surface area contributed by atoms with E-state index in [-0.39, 0.29) is 0 Å². The van der Waals surface area contributed by atoms with Gasteiger partial charge in [0.1, 0.15) is 0 Å². The highest BCUT2D eigenvalue weighted by Crippen LogP contribution is 2.20. The van der Waals surface area contributed by atoms with E-state index in [1.54, 1.807) is 6.07 Å². The lowest BCUT2D eigenvalue weighted by Gasteiger charge is -2.08. The summed E-state index contributed by atoms with van der Waals surface area (Å²) >= 11 is 0. The molecule has 0 heterocycles. The van der Waals surface area contributed by atoms with Crippen LogP contribution in [0.15, 0.2) is 18.2 Å². The number of unbranched alkanes of at least 4 members (excludes halogenated alkanes) is 5. The first-order valence-electron chi connectivity index (χ1n) is 7.58. The fraction of sp³-hybridized carbons (Fsp3) is 0.500. The van der Waals surface area contributed by atoms with Gasteiger partial charge in [0.2, 0.25) is 0 Å². The number of hydrogen-bond acceptors (Lipinski definition) is 1. The van der Waals surface area contributed by atoms with Crippen LogP contribution in [-0.4, -0.2) is 11.1 Å². The van der Waals surface area contributed by atoms with Crippen molar-refractivity contribution >= 4 is 12.0 Å². The molecule has 0 amide bonds. The summed E-state index contributed by atoms with van der Waals surface area (Å²) in [5.41, 5.74) is 3.45. The summed E-state index contributed by atoms with van der Waals surface area (Å²) in [5.74, 6) is -0.851. The van der Waals surface area contributed by atoms with Gasteiger partial charge < -0.3 is 5.11 Å². The van der Waals surface area contributed by atoms with Gasteiger partial charge in [-0.1, -0.05) is 50.8 Å². The topological polar surface area (TPSA) is 37.3 Å². The van der Waals surface area contributed by atoms with Crippen LogP contribution in [0.5, 0.6) is 0 Å². The first-order valence-corrected chi connectivity index (χ1v) is 7.58. The monoisotopic (exact) mass is 274 g/mol. The molecule has 2 nitrogen and oxygen atoms in total. The molecule has 0 saturated heterocycles. The Bertz CT molecular complexity index is 473. The Morgan fingerprint density at radius 2 is 1.85 bits per heavy atom. The number of aryl methyl sites for hydroxylation is 1. The number of allylic oxidation sites excluding steroid dienone is 1. The Kier molecular flexibility index (Phi) is 7.06. The summed E-state index contributed by atoms with van der Waals surface area (Å²) in [4.78, 5) is 11.3. The molecule has 0 unspecified atom stereocenters. The molecule has 1 N–H and O–H groups in total. The first-order chi connectivity index (χ1) is 9.57. The molecule has 2 heteroatoms. The van der Waals surface area contributed by atoms with E-state index in [2.05, 4.69) is 13.0 Å². The molecule has 1 aromatic rings. The fourth-order valence-corrected chi connectivity index (χ4v) is 2.31. The van der Waals surface area contributed by atoms with Crippen molar-refractivity contribution in [2.45, 2.75) is 59.3 Å². The summed E-state index contributed by atoms with van der Waals surface area (Å²) in [7, 11) is 0. The Labute approximate surface area is 122 Å². The maximum atomic E-state index is 11.3. The molecule has 0 fully saturated rings. The molecule has 0 saturated carbocycles. The number of benzene rings is 1. The second-order valence-corrected chi connectivity index (χ2v) is 5.38. The molecular formula is C18H26O2. The van der Waals surface area contributed by atoms with Gasteiger partial charge in [0.15, 0.2) is 0 Å². The molecule has 0 aliphatic carbocycles. The molecule has 0 spiro atoms. The van der Waals surface area contributed by atoms with E-state index in [0.29, 0.717) is 5.56 Å². The lowest BCUT2D eigenvalue weighted by molar-refractivity contribution is 0.0696.